The number of aliphatic hydroxyl groups is 3. The van der Waals surface area contributed by atoms with E-state index in [1.165, 1.54) is 29.8 Å². The summed E-state index contributed by atoms with van der Waals surface area (Å²) in [6, 6.07) is 0.100. The molecular weight excluding hydrogens is 609 g/mol. The Morgan fingerprint density at radius 1 is 0.977 bits per heavy atom. The van der Waals surface area contributed by atoms with E-state index in [9.17, 15) is 28.5 Å². The summed E-state index contributed by atoms with van der Waals surface area (Å²) in [6.45, 7) is 1.20. The Morgan fingerprint density at radius 2 is 1.70 bits per heavy atom. The maximum atomic E-state index is 13.9. The molecule has 3 aliphatic rings. The van der Waals surface area contributed by atoms with Crippen molar-refractivity contribution in [3.63, 3.8) is 0 Å². The normalized spacial score (nSPS) is 31.8. The van der Waals surface area contributed by atoms with Gasteiger partial charge in [-0.1, -0.05) is 10.4 Å². The van der Waals surface area contributed by atoms with Crippen molar-refractivity contribution >= 4 is 11.8 Å². The van der Waals surface area contributed by atoms with E-state index in [1.807, 2.05) is 6.20 Å². The van der Waals surface area contributed by atoms with Crippen LogP contribution in [0, 0.1) is 17.5 Å². The van der Waals surface area contributed by atoms with Gasteiger partial charge in [-0.3, -0.25) is 0 Å². The molecule has 3 N–H and O–H groups in total. The highest BCUT2D eigenvalue weighted by Gasteiger charge is 2.49. The molecular formula is C27H33F3N6O7S. The fourth-order valence-corrected chi connectivity index (χ4v) is 7.38. The molecule has 0 spiro atoms. The van der Waals surface area contributed by atoms with E-state index in [4.69, 9.17) is 18.9 Å². The van der Waals surface area contributed by atoms with E-state index in [0.29, 0.717) is 13.2 Å². The summed E-state index contributed by atoms with van der Waals surface area (Å²) in [5, 5.41) is 48.7. The largest absolute Gasteiger partial charge is 0.394 e. The quantitative estimate of drug-likeness (QED) is 0.302. The predicted octanol–water partition coefficient (Wildman–Crippen LogP) is 1.22. The van der Waals surface area contributed by atoms with E-state index in [1.54, 1.807) is 4.68 Å². The van der Waals surface area contributed by atoms with Crippen LogP contribution in [0.1, 0.15) is 36.5 Å². The van der Waals surface area contributed by atoms with E-state index >= 15 is 0 Å². The first-order chi connectivity index (χ1) is 21.3. The van der Waals surface area contributed by atoms with E-state index in [-0.39, 0.29) is 30.4 Å². The summed E-state index contributed by atoms with van der Waals surface area (Å²) in [6.07, 6.45) is 0.688. The van der Waals surface area contributed by atoms with Gasteiger partial charge in [0.1, 0.15) is 41.5 Å². The Kier molecular flexibility index (Phi) is 9.53. The lowest BCUT2D eigenvalue weighted by Gasteiger charge is -2.45. The standard InChI is InChI=1S/C27H33F3N6O7S/c1-40-26-23(36-9-18(32-34-36)14-6-15(28)22(30)16(29)7-14)25(39)20(10-37)43-27(26)44-21-12-42-11-19(24(21)38)35-8-17(31-33-35)13-2-4-41-5-3-13/h6-9,13,19-21,23-27,37-39H,2-5,10-12H2,1H3. The first kappa shape index (κ1) is 31.3. The minimum Gasteiger partial charge on any atom is -0.394 e. The maximum absolute atomic E-state index is 13.9. The highest BCUT2D eigenvalue weighted by atomic mass is 32.2. The third kappa shape index (κ3) is 6.11. The van der Waals surface area contributed by atoms with Crippen molar-refractivity contribution in [1.29, 1.82) is 0 Å². The zero-order chi connectivity index (χ0) is 31.0. The minimum atomic E-state index is -1.61. The summed E-state index contributed by atoms with van der Waals surface area (Å²) in [4.78, 5) is 0. The van der Waals surface area contributed by atoms with Gasteiger partial charge >= 0.3 is 0 Å². The number of nitrogens with zero attached hydrogens (tertiary/aromatic N) is 6. The molecule has 0 bridgehead atoms. The number of hydrogen-bond acceptors (Lipinski definition) is 12. The first-order valence-corrected chi connectivity index (χ1v) is 15.2. The zero-order valence-corrected chi connectivity index (χ0v) is 24.5. The number of hydrogen-bond donors (Lipinski definition) is 3. The number of aromatic nitrogens is 6. The molecule has 0 amide bonds. The van der Waals surface area contributed by atoms with Crippen molar-refractivity contribution in [1.82, 2.24) is 30.0 Å². The highest BCUT2D eigenvalue weighted by molar-refractivity contribution is 8.00. The van der Waals surface area contributed by atoms with Gasteiger partial charge in [-0.15, -0.1) is 22.0 Å². The summed E-state index contributed by atoms with van der Waals surface area (Å²) >= 11 is 1.22. The van der Waals surface area contributed by atoms with Gasteiger partial charge in [-0.2, -0.15) is 0 Å². The smallest absolute Gasteiger partial charge is 0.194 e. The molecule has 6 rings (SSSR count). The molecule has 44 heavy (non-hydrogen) atoms. The molecule has 13 nitrogen and oxygen atoms in total. The average Bonchev–Trinajstić information content (AvgIpc) is 3.72. The van der Waals surface area contributed by atoms with Gasteiger partial charge in [0.15, 0.2) is 17.5 Å². The number of rotatable bonds is 8. The second-order valence-electron chi connectivity index (χ2n) is 11.0. The van der Waals surface area contributed by atoms with E-state index < -0.39 is 71.2 Å². The van der Waals surface area contributed by atoms with Crippen LogP contribution in [0.25, 0.3) is 11.3 Å². The average molecular weight is 643 g/mol. The number of ether oxygens (including phenoxy) is 4. The third-order valence-corrected chi connectivity index (χ3v) is 9.77. The van der Waals surface area contributed by atoms with Crippen LogP contribution in [-0.4, -0.2) is 121 Å². The molecule has 3 fully saturated rings. The second-order valence-corrected chi connectivity index (χ2v) is 12.4. The van der Waals surface area contributed by atoms with Gasteiger partial charge in [0, 0.05) is 38.0 Å². The van der Waals surface area contributed by atoms with E-state index in [2.05, 4.69) is 20.6 Å². The SMILES string of the molecule is COC1C(SC2COCC(n3cc(C4CCOCC4)nn3)C2O)OC(CO)C(O)C1n1cc(-c2cc(F)c(F)c(F)c2)nn1. The van der Waals surface area contributed by atoms with Crippen LogP contribution in [0.5, 0.6) is 0 Å². The van der Waals surface area contributed by atoms with Gasteiger partial charge in [0.05, 0.1) is 43.1 Å². The Morgan fingerprint density at radius 3 is 2.41 bits per heavy atom. The van der Waals surface area contributed by atoms with Crippen molar-refractivity contribution in [3.05, 3.63) is 47.7 Å². The second kappa shape index (κ2) is 13.4. The molecule has 3 saturated heterocycles. The van der Waals surface area contributed by atoms with Gasteiger partial charge in [0.25, 0.3) is 0 Å². The molecule has 3 aromatic rings. The third-order valence-electron chi connectivity index (χ3n) is 8.35. The lowest BCUT2D eigenvalue weighted by Crippen LogP contribution is -2.56. The number of benzene rings is 1. The lowest BCUT2D eigenvalue weighted by molar-refractivity contribution is -0.186. The van der Waals surface area contributed by atoms with E-state index in [0.717, 1.165) is 30.7 Å². The Hall–Kier alpha value is -2.64. The fraction of sp³-hybridized carbons (Fsp3) is 0.630. The van der Waals surface area contributed by atoms with Gasteiger partial charge in [-0.25, -0.2) is 22.5 Å². The van der Waals surface area contributed by atoms with Crippen molar-refractivity contribution in [3.8, 4) is 11.3 Å². The Labute approximate surface area is 254 Å². The van der Waals surface area contributed by atoms with Gasteiger partial charge in [-0.05, 0) is 25.0 Å². The number of thioether (sulfide) groups is 1. The van der Waals surface area contributed by atoms with Crippen molar-refractivity contribution in [2.24, 2.45) is 0 Å². The molecule has 8 atom stereocenters. The fourth-order valence-electron chi connectivity index (χ4n) is 5.89. The molecule has 3 aliphatic heterocycles. The molecule has 0 radical (unpaired) electrons. The predicted molar refractivity (Wildman–Crippen MR) is 147 cm³/mol. The van der Waals surface area contributed by atoms with Crippen LogP contribution in [-0.2, 0) is 18.9 Å². The van der Waals surface area contributed by atoms with Crippen LogP contribution in [0.2, 0.25) is 0 Å². The number of aliphatic hydroxyl groups excluding tert-OH is 3. The molecule has 8 unspecified atom stereocenters. The van der Waals surface area contributed by atoms with Crippen molar-refractivity contribution in [2.75, 3.05) is 40.1 Å². The molecule has 240 valence electrons. The number of halogens is 3. The maximum Gasteiger partial charge on any atom is 0.194 e. The molecule has 17 heteroatoms. The van der Waals surface area contributed by atoms with Crippen molar-refractivity contribution in [2.45, 2.75) is 65.9 Å². The van der Waals surface area contributed by atoms with Gasteiger partial charge in [0.2, 0.25) is 0 Å². The van der Waals surface area contributed by atoms with Gasteiger partial charge < -0.3 is 34.3 Å². The summed E-state index contributed by atoms with van der Waals surface area (Å²) < 4.78 is 67.2. The molecule has 5 heterocycles. The monoisotopic (exact) mass is 642 g/mol. The van der Waals surface area contributed by atoms with Crippen molar-refractivity contribution < 1.29 is 47.4 Å². The highest BCUT2D eigenvalue weighted by Crippen LogP contribution is 2.41. The minimum absolute atomic E-state index is 0.0213. The first-order valence-electron chi connectivity index (χ1n) is 14.2. The van der Waals surface area contributed by atoms with Crippen LogP contribution < -0.4 is 0 Å². The summed E-state index contributed by atoms with van der Waals surface area (Å²) in [7, 11) is 1.41. The lowest BCUT2D eigenvalue weighted by atomic mass is 9.97. The Balaban J connectivity index is 1.21. The molecule has 2 aromatic heterocycles. The number of methoxy groups -OCH3 is 1. The van der Waals surface area contributed by atoms with Crippen LogP contribution in [0.15, 0.2) is 24.5 Å². The molecule has 0 saturated carbocycles. The topological polar surface area (TPSA) is 159 Å². The van der Waals surface area contributed by atoms with Crippen LogP contribution >= 0.6 is 11.8 Å². The van der Waals surface area contributed by atoms with Crippen LogP contribution in [0.3, 0.4) is 0 Å². The zero-order valence-electron chi connectivity index (χ0n) is 23.7. The summed E-state index contributed by atoms with van der Waals surface area (Å²) in [5.74, 6) is -4.14. The molecule has 1 aromatic carbocycles. The van der Waals surface area contributed by atoms with Crippen LogP contribution in [0.4, 0.5) is 13.2 Å². The molecule has 0 aliphatic carbocycles. The Bertz CT molecular complexity index is 1400. The summed E-state index contributed by atoms with van der Waals surface area (Å²) in [5.41, 5.74) is -0.0249.